The average molecular weight is 413 g/mol. The van der Waals surface area contributed by atoms with Crippen LogP contribution in [-0.4, -0.2) is 11.2 Å². The van der Waals surface area contributed by atoms with Gasteiger partial charge in [-0.1, -0.05) is 51.5 Å². The van der Waals surface area contributed by atoms with Crippen LogP contribution >= 0.6 is 0 Å². The van der Waals surface area contributed by atoms with E-state index in [2.05, 4.69) is 47.3 Å². The summed E-state index contributed by atoms with van der Waals surface area (Å²) in [4.78, 5) is 0. The molecule has 9 atom stereocenters. The fraction of sp³-hybridized carbons (Fsp3) is 0.862. The highest BCUT2D eigenvalue weighted by molar-refractivity contribution is 5.27. The first-order chi connectivity index (χ1) is 14.2. The third-order valence-electron chi connectivity index (χ3n) is 11.0. The summed E-state index contributed by atoms with van der Waals surface area (Å²) in [6.45, 7) is 16.6. The Hall–Kier alpha value is -0.560. The number of hydrogen-bond acceptors (Lipinski definition) is 1. The Morgan fingerprint density at radius 1 is 1.10 bits per heavy atom. The molecule has 0 unspecified atom stereocenters. The van der Waals surface area contributed by atoms with E-state index in [4.69, 9.17) is 0 Å². The van der Waals surface area contributed by atoms with Crippen molar-refractivity contribution in [2.45, 2.75) is 111 Å². The summed E-state index contributed by atoms with van der Waals surface area (Å²) < 4.78 is 0. The minimum atomic E-state index is -0.0465. The van der Waals surface area contributed by atoms with E-state index in [9.17, 15) is 5.11 Å². The van der Waals surface area contributed by atoms with Gasteiger partial charge in [0.15, 0.2) is 0 Å². The van der Waals surface area contributed by atoms with Gasteiger partial charge in [0.25, 0.3) is 0 Å². The zero-order chi connectivity index (χ0) is 21.7. The normalized spacial score (nSPS) is 45.0. The highest BCUT2D eigenvalue weighted by Gasteiger charge is 2.58. The van der Waals surface area contributed by atoms with E-state index < -0.39 is 0 Å². The van der Waals surface area contributed by atoms with Gasteiger partial charge in [-0.25, -0.2) is 0 Å². The monoisotopic (exact) mass is 412 g/mol. The fourth-order valence-electron chi connectivity index (χ4n) is 8.93. The number of hydrogen-bond donors (Lipinski definition) is 1. The largest absolute Gasteiger partial charge is 0.393 e. The summed E-state index contributed by atoms with van der Waals surface area (Å²) in [5.41, 5.74) is 4.21. The SMILES string of the molecule is C=C(C)[C@@H](CC)CC[C@@H](C)[C@@H]1CC[C@H]2C3=CC[C@@H]4C[C@H](O)CC[C@@]4(C)[C@H]3CC[C@]21C. The van der Waals surface area contributed by atoms with E-state index in [1.54, 1.807) is 0 Å². The molecule has 0 aromatic carbocycles. The maximum atomic E-state index is 10.3. The number of allylic oxidation sites excluding steroid dienone is 3. The van der Waals surface area contributed by atoms with Crippen LogP contribution in [0.5, 0.6) is 0 Å². The van der Waals surface area contributed by atoms with Gasteiger partial charge in [-0.05, 0) is 124 Å². The van der Waals surface area contributed by atoms with E-state index in [0.717, 1.165) is 36.5 Å². The van der Waals surface area contributed by atoms with Crippen LogP contribution in [0.2, 0.25) is 0 Å². The molecule has 0 aromatic rings. The van der Waals surface area contributed by atoms with Gasteiger partial charge < -0.3 is 5.11 Å². The summed E-state index contributed by atoms with van der Waals surface area (Å²) in [6, 6.07) is 0. The second-order valence-electron chi connectivity index (χ2n) is 12.4. The molecule has 0 radical (unpaired) electrons. The Bertz CT molecular complexity index is 676. The van der Waals surface area contributed by atoms with Crippen molar-refractivity contribution in [2.75, 3.05) is 0 Å². The summed E-state index contributed by atoms with van der Waals surface area (Å²) in [6.07, 6.45) is 16.8. The number of aliphatic hydroxyl groups is 1. The van der Waals surface area contributed by atoms with E-state index in [1.807, 2.05) is 5.57 Å². The first-order valence-electron chi connectivity index (χ1n) is 13.2. The molecule has 0 aromatic heterocycles. The smallest absolute Gasteiger partial charge is 0.0543 e. The maximum absolute atomic E-state index is 10.3. The van der Waals surface area contributed by atoms with Crippen molar-refractivity contribution in [3.8, 4) is 0 Å². The van der Waals surface area contributed by atoms with Crippen LogP contribution in [0.3, 0.4) is 0 Å². The minimum Gasteiger partial charge on any atom is -0.393 e. The molecule has 1 heteroatoms. The molecule has 1 nitrogen and oxygen atoms in total. The Morgan fingerprint density at radius 2 is 1.80 bits per heavy atom. The standard InChI is InChI=1S/C29H48O/c1-7-21(19(2)3)9-8-20(4)25-12-13-26-24-11-10-22-18-23(30)14-16-28(22,5)27(24)15-17-29(25,26)6/h11,20-23,25-27,30H,2,7-10,12-18H2,1,3-6H3/t20-,21+,22-,23-,25+,26+,27+,28-,29+/m1/s1. The van der Waals surface area contributed by atoms with Crippen molar-refractivity contribution in [2.24, 2.45) is 46.3 Å². The van der Waals surface area contributed by atoms with Crippen molar-refractivity contribution in [1.82, 2.24) is 0 Å². The summed E-state index contributed by atoms with van der Waals surface area (Å²) in [7, 11) is 0. The molecule has 4 aliphatic rings. The molecule has 30 heavy (non-hydrogen) atoms. The number of fused-ring (bicyclic) bond motifs is 5. The van der Waals surface area contributed by atoms with Crippen LogP contribution in [-0.2, 0) is 0 Å². The topological polar surface area (TPSA) is 20.2 Å². The predicted octanol–water partition coefficient (Wildman–Crippen LogP) is 7.94. The van der Waals surface area contributed by atoms with Gasteiger partial charge in [-0.3, -0.25) is 0 Å². The third kappa shape index (κ3) is 3.66. The lowest BCUT2D eigenvalue weighted by Crippen LogP contribution is -2.49. The molecule has 1 N–H and O–H groups in total. The lowest BCUT2D eigenvalue weighted by Gasteiger charge is -2.57. The first-order valence-corrected chi connectivity index (χ1v) is 13.2. The van der Waals surface area contributed by atoms with Gasteiger partial charge >= 0.3 is 0 Å². The van der Waals surface area contributed by atoms with Crippen molar-refractivity contribution in [3.05, 3.63) is 23.8 Å². The highest BCUT2D eigenvalue weighted by atomic mass is 16.3. The molecule has 0 saturated heterocycles. The molecule has 3 fully saturated rings. The van der Waals surface area contributed by atoms with Crippen molar-refractivity contribution in [3.63, 3.8) is 0 Å². The Morgan fingerprint density at radius 3 is 2.50 bits per heavy atom. The van der Waals surface area contributed by atoms with Crippen LogP contribution < -0.4 is 0 Å². The molecule has 0 bridgehead atoms. The molecular formula is C29H48O. The molecule has 3 saturated carbocycles. The van der Waals surface area contributed by atoms with Crippen molar-refractivity contribution >= 4 is 0 Å². The Labute approximate surface area is 186 Å². The molecule has 4 rings (SSSR count). The van der Waals surface area contributed by atoms with Crippen LogP contribution in [0.15, 0.2) is 23.8 Å². The number of rotatable bonds is 6. The quantitative estimate of drug-likeness (QED) is 0.439. The Balaban J connectivity index is 1.49. The average Bonchev–Trinajstić information content (AvgIpc) is 3.06. The van der Waals surface area contributed by atoms with Crippen LogP contribution in [0.4, 0.5) is 0 Å². The zero-order valence-corrected chi connectivity index (χ0v) is 20.6. The van der Waals surface area contributed by atoms with Crippen LogP contribution in [0.1, 0.15) is 105 Å². The van der Waals surface area contributed by atoms with E-state index in [1.165, 1.54) is 63.4 Å². The van der Waals surface area contributed by atoms with Gasteiger partial charge in [0.2, 0.25) is 0 Å². The second kappa shape index (κ2) is 8.42. The van der Waals surface area contributed by atoms with Crippen LogP contribution in [0.25, 0.3) is 0 Å². The van der Waals surface area contributed by atoms with E-state index in [-0.39, 0.29) is 6.10 Å². The number of aliphatic hydroxyl groups excluding tert-OH is 1. The maximum Gasteiger partial charge on any atom is 0.0543 e. The first kappa shape index (κ1) is 22.6. The summed E-state index contributed by atoms with van der Waals surface area (Å²) >= 11 is 0. The van der Waals surface area contributed by atoms with Gasteiger partial charge in [-0.2, -0.15) is 0 Å². The molecule has 0 heterocycles. The molecule has 0 spiro atoms. The minimum absolute atomic E-state index is 0.0465. The second-order valence-corrected chi connectivity index (χ2v) is 12.4. The molecule has 0 aliphatic heterocycles. The molecule has 4 aliphatic carbocycles. The van der Waals surface area contributed by atoms with Crippen molar-refractivity contribution < 1.29 is 5.11 Å². The van der Waals surface area contributed by atoms with E-state index >= 15 is 0 Å². The summed E-state index contributed by atoms with van der Waals surface area (Å²) in [5, 5.41) is 10.3. The fourth-order valence-corrected chi connectivity index (χ4v) is 8.93. The van der Waals surface area contributed by atoms with Gasteiger partial charge in [-0.15, -0.1) is 0 Å². The van der Waals surface area contributed by atoms with Crippen LogP contribution in [0, 0.1) is 46.3 Å². The van der Waals surface area contributed by atoms with Gasteiger partial charge in [0, 0.05) is 0 Å². The summed E-state index contributed by atoms with van der Waals surface area (Å²) in [5.74, 6) is 4.78. The zero-order valence-electron chi connectivity index (χ0n) is 20.6. The molecule has 0 amide bonds. The Kier molecular flexibility index (Phi) is 6.35. The van der Waals surface area contributed by atoms with Gasteiger partial charge in [0.05, 0.1) is 6.10 Å². The lowest BCUT2D eigenvalue weighted by atomic mass is 9.47. The van der Waals surface area contributed by atoms with Crippen molar-refractivity contribution in [1.29, 1.82) is 0 Å². The third-order valence-corrected chi connectivity index (χ3v) is 11.0. The highest BCUT2D eigenvalue weighted by Crippen LogP contribution is 2.67. The van der Waals surface area contributed by atoms with Gasteiger partial charge in [0.1, 0.15) is 0 Å². The predicted molar refractivity (Wildman–Crippen MR) is 128 cm³/mol. The molecular weight excluding hydrogens is 364 g/mol. The molecule has 170 valence electrons. The lowest BCUT2D eigenvalue weighted by molar-refractivity contribution is -0.0428. The van der Waals surface area contributed by atoms with E-state index in [0.29, 0.717) is 22.7 Å².